The van der Waals surface area contributed by atoms with E-state index in [0.717, 1.165) is 29.9 Å². The Morgan fingerprint density at radius 1 is 1.53 bits per heavy atom. The third-order valence-corrected chi connectivity index (χ3v) is 3.25. The van der Waals surface area contributed by atoms with Crippen LogP contribution in [0.2, 0.25) is 0 Å². The highest BCUT2D eigenvalue weighted by atomic mass is 16.5. The molecule has 4 nitrogen and oxygen atoms in total. The van der Waals surface area contributed by atoms with E-state index in [-0.39, 0.29) is 11.5 Å². The summed E-state index contributed by atoms with van der Waals surface area (Å²) in [5, 5.41) is 14.1. The number of rotatable bonds is 2. The Morgan fingerprint density at radius 2 is 2.24 bits per heavy atom. The number of aromatic nitrogens is 2. The highest BCUT2D eigenvalue weighted by molar-refractivity contribution is 5.69. The SMILES string of the molecule is COc1cnn(C)c1C1=CC(O)CC(C)(C)C1. The zero-order valence-electron chi connectivity index (χ0n) is 10.9. The molecule has 0 saturated heterocycles. The number of hydrogen-bond acceptors (Lipinski definition) is 3. The first-order valence-electron chi connectivity index (χ1n) is 5.88. The van der Waals surface area contributed by atoms with Crippen LogP contribution in [0.25, 0.3) is 5.57 Å². The van der Waals surface area contributed by atoms with E-state index < -0.39 is 0 Å². The molecule has 4 heteroatoms. The molecule has 1 aromatic heterocycles. The maximum Gasteiger partial charge on any atom is 0.164 e. The topological polar surface area (TPSA) is 47.3 Å². The van der Waals surface area contributed by atoms with Crippen LogP contribution in [0.15, 0.2) is 12.3 Å². The van der Waals surface area contributed by atoms with Crippen molar-refractivity contribution in [2.24, 2.45) is 12.5 Å². The molecule has 1 atom stereocenters. The average molecular weight is 236 g/mol. The van der Waals surface area contributed by atoms with Crippen molar-refractivity contribution in [3.05, 3.63) is 18.0 Å². The van der Waals surface area contributed by atoms with Gasteiger partial charge in [0.15, 0.2) is 5.75 Å². The smallest absolute Gasteiger partial charge is 0.164 e. The summed E-state index contributed by atoms with van der Waals surface area (Å²) in [6.45, 7) is 4.35. The Hall–Kier alpha value is -1.29. The largest absolute Gasteiger partial charge is 0.493 e. The van der Waals surface area contributed by atoms with Crippen LogP contribution >= 0.6 is 0 Å². The summed E-state index contributed by atoms with van der Waals surface area (Å²) >= 11 is 0. The zero-order chi connectivity index (χ0) is 12.6. The Morgan fingerprint density at radius 3 is 2.82 bits per heavy atom. The van der Waals surface area contributed by atoms with Crippen molar-refractivity contribution >= 4 is 5.57 Å². The van der Waals surface area contributed by atoms with Gasteiger partial charge in [0.05, 0.1) is 19.4 Å². The zero-order valence-corrected chi connectivity index (χ0v) is 10.9. The number of aryl methyl sites for hydroxylation is 1. The van der Waals surface area contributed by atoms with Crippen LogP contribution in [0, 0.1) is 5.41 Å². The molecule has 1 heterocycles. The van der Waals surface area contributed by atoms with Crippen molar-refractivity contribution in [1.29, 1.82) is 0 Å². The molecule has 94 valence electrons. The fraction of sp³-hybridized carbons (Fsp3) is 0.615. The summed E-state index contributed by atoms with van der Waals surface area (Å²) in [5.41, 5.74) is 2.20. The van der Waals surface area contributed by atoms with Gasteiger partial charge in [-0.1, -0.05) is 19.9 Å². The number of aliphatic hydroxyl groups is 1. The fourth-order valence-electron chi connectivity index (χ4n) is 2.60. The van der Waals surface area contributed by atoms with Crippen LogP contribution in [-0.4, -0.2) is 28.1 Å². The van der Waals surface area contributed by atoms with Gasteiger partial charge in [0.25, 0.3) is 0 Å². The second kappa shape index (κ2) is 4.18. The van der Waals surface area contributed by atoms with E-state index >= 15 is 0 Å². The third kappa shape index (κ3) is 2.36. The monoisotopic (exact) mass is 236 g/mol. The van der Waals surface area contributed by atoms with Gasteiger partial charge in [-0.15, -0.1) is 0 Å². The quantitative estimate of drug-likeness (QED) is 0.854. The number of ether oxygens (including phenoxy) is 1. The van der Waals surface area contributed by atoms with Crippen LogP contribution in [0.5, 0.6) is 5.75 Å². The van der Waals surface area contributed by atoms with Crippen LogP contribution in [0.1, 0.15) is 32.4 Å². The summed E-state index contributed by atoms with van der Waals surface area (Å²) < 4.78 is 7.12. The van der Waals surface area contributed by atoms with Crippen molar-refractivity contribution in [1.82, 2.24) is 9.78 Å². The minimum Gasteiger partial charge on any atom is -0.493 e. The van der Waals surface area contributed by atoms with E-state index in [2.05, 4.69) is 18.9 Å². The van der Waals surface area contributed by atoms with Crippen molar-refractivity contribution in [2.45, 2.75) is 32.8 Å². The first kappa shape index (κ1) is 12.2. The molecule has 0 saturated carbocycles. The molecule has 0 bridgehead atoms. The van der Waals surface area contributed by atoms with Gasteiger partial charge in [-0.2, -0.15) is 5.10 Å². The summed E-state index contributed by atoms with van der Waals surface area (Å²) in [6, 6.07) is 0. The Bertz CT molecular complexity index is 446. The molecule has 0 amide bonds. The van der Waals surface area contributed by atoms with Gasteiger partial charge < -0.3 is 9.84 Å². The van der Waals surface area contributed by atoms with Gasteiger partial charge in [0.2, 0.25) is 0 Å². The van der Waals surface area contributed by atoms with Gasteiger partial charge in [0.1, 0.15) is 5.69 Å². The molecule has 1 unspecified atom stereocenters. The number of hydrogen-bond donors (Lipinski definition) is 1. The molecule has 2 rings (SSSR count). The van der Waals surface area contributed by atoms with Crippen LogP contribution < -0.4 is 4.74 Å². The van der Waals surface area contributed by atoms with Gasteiger partial charge in [-0.25, -0.2) is 0 Å². The standard InChI is InChI=1S/C13H20N2O2/c1-13(2)6-9(5-10(16)7-13)12-11(17-4)8-14-15(12)3/h5,8,10,16H,6-7H2,1-4H3. The first-order valence-corrected chi connectivity index (χ1v) is 5.88. The van der Waals surface area contributed by atoms with Crippen LogP contribution in [-0.2, 0) is 7.05 Å². The van der Waals surface area contributed by atoms with Gasteiger partial charge in [0, 0.05) is 7.05 Å². The summed E-state index contributed by atoms with van der Waals surface area (Å²) in [6.07, 6.45) is 4.99. The predicted molar refractivity (Wildman–Crippen MR) is 66.8 cm³/mol. The number of nitrogens with zero attached hydrogens (tertiary/aromatic N) is 2. The molecule has 0 fully saturated rings. The first-order chi connectivity index (χ1) is 7.93. The average Bonchev–Trinajstić information content (AvgIpc) is 2.56. The number of aliphatic hydroxyl groups excluding tert-OH is 1. The maximum absolute atomic E-state index is 9.92. The lowest BCUT2D eigenvalue weighted by Crippen LogP contribution is -2.25. The van der Waals surface area contributed by atoms with Crippen molar-refractivity contribution in [2.75, 3.05) is 7.11 Å². The van der Waals surface area contributed by atoms with Gasteiger partial charge in [-0.05, 0) is 23.8 Å². The van der Waals surface area contributed by atoms with E-state index in [1.807, 2.05) is 13.1 Å². The van der Waals surface area contributed by atoms with Gasteiger partial charge >= 0.3 is 0 Å². The molecule has 1 aromatic rings. The van der Waals surface area contributed by atoms with Crippen molar-refractivity contribution in [3.63, 3.8) is 0 Å². The minimum atomic E-state index is -0.381. The Labute approximate surface area is 102 Å². The summed E-state index contributed by atoms with van der Waals surface area (Å²) in [4.78, 5) is 0. The fourth-order valence-corrected chi connectivity index (χ4v) is 2.60. The molecule has 0 aromatic carbocycles. The lowest BCUT2D eigenvalue weighted by Gasteiger charge is -2.32. The maximum atomic E-state index is 9.92. The molecule has 1 aliphatic rings. The van der Waals surface area contributed by atoms with E-state index in [1.54, 1.807) is 18.0 Å². The lowest BCUT2D eigenvalue weighted by molar-refractivity contribution is 0.146. The minimum absolute atomic E-state index is 0.110. The Kier molecular flexibility index (Phi) is 3.00. The molecule has 0 spiro atoms. The third-order valence-electron chi connectivity index (χ3n) is 3.25. The van der Waals surface area contributed by atoms with Crippen LogP contribution in [0.4, 0.5) is 0 Å². The number of methoxy groups -OCH3 is 1. The number of allylic oxidation sites excluding steroid dienone is 1. The molecule has 1 N–H and O–H groups in total. The van der Waals surface area contributed by atoms with E-state index in [4.69, 9.17) is 4.74 Å². The molecule has 1 aliphatic carbocycles. The normalized spacial score (nSPS) is 23.4. The second-order valence-corrected chi connectivity index (χ2v) is 5.49. The molecular formula is C13H20N2O2. The second-order valence-electron chi connectivity index (χ2n) is 5.49. The summed E-state index contributed by atoms with van der Waals surface area (Å²) in [7, 11) is 3.54. The highest BCUT2D eigenvalue weighted by Gasteiger charge is 2.30. The van der Waals surface area contributed by atoms with Crippen molar-refractivity contribution in [3.8, 4) is 5.75 Å². The predicted octanol–water partition coefficient (Wildman–Crippen LogP) is 1.99. The van der Waals surface area contributed by atoms with Crippen molar-refractivity contribution < 1.29 is 9.84 Å². The van der Waals surface area contributed by atoms with Crippen LogP contribution in [0.3, 0.4) is 0 Å². The highest BCUT2D eigenvalue weighted by Crippen LogP contribution is 2.41. The van der Waals surface area contributed by atoms with E-state index in [0.29, 0.717) is 0 Å². The molecule has 17 heavy (non-hydrogen) atoms. The van der Waals surface area contributed by atoms with E-state index in [9.17, 15) is 5.11 Å². The lowest BCUT2D eigenvalue weighted by atomic mass is 9.75. The Balaban J connectivity index is 2.42. The van der Waals surface area contributed by atoms with E-state index in [1.165, 1.54) is 0 Å². The molecular weight excluding hydrogens is 216 g/mol. The molecule has 0 aliphatic heterocycles. The summed E-state index contributed by atoms with van der Waals surface area (Å²) in [5.74, 6) is 0.767. The van der Waals surface area contributed by atoms with Gasteiger partial charge in [-0.3, -0.25) is 4.68 Å². The molecule has 0 radical (unpaired) electrons.